The van der Waals surface area contributed by atoms with Crippen LogP contribution in [0.4, 0.5) is 5.82 Å². The van der Waals surface area contributed by atoms with E-state index in [9.17, 15) is 8.42 Å². The van der Waals surface area contributed by atoms with Gasteiger partial charge in [-0.3, -0.25) is 0 Å². The Hall–Kier alpha value is -1.17. The Morgan fingerprint density at radius 2 is 1.62 bits per heavy atom. The van der Waals surface area contributed by atoms with Crippen molar-refractivity contribution < 1.29 is 8.42 Å². The molecule has 21 heavy (non-hydrogen) atoms. The van der Waals surface area contributed by atoms with Gasteiger partial charge in [0.15, 0.2) is 0 Å². The molecule has 0 aliphatic rings. The standard InChI is InChI=1S/C15H27N3O2S/c1-4-6-7-8-9-10-11-12-13(5-2)17-15(18-14(12)16)21(3,19)20/h4-11H2,1-3H3,(H2,16,17,18). The fraction of sp³-hybridized carbons (Fsp3) is 0.733. The molecule has 0 amide bonds. The number of unbranched alkanes of at least 4 members (excludes halogenated alkanes) is 5. The second kappa shape index (κ2) is 8.32. The van der Waals surface area contributed by atoms with Crippen molar-refractivity contribution in [3.8, 4) is 0 Å². The molecule has 120 valence electrons. The van der Waals surface area contributed by atoms with Gasteiger partial charge in [0.25, 0.3) is 0 Å². The molecule has 0 radical (unpaired) electrons. The normalized spacial score (nSPS) is 11.8. The quantitative estimate of drug-likeness (QED) is 0.559. The smallest absolute Gasteiger partial charge is 0.248 e. The highest BCUT2D eigenvalue weighted by molar-refractivity contribution is 7.90. The van der Waals surface area contributed by atoms with Crippen LogP contribution in [0, 0.1) is 0 Å². The van der Waals surface area contributed by atoms with Crippen molar-refractivity contribution in [2.45, 2.75) is 70.4 Å². The summed E-state index contributed by atoms with van der Waals surface area (Å²) < 4.78 is 23.1. The molecule has 1 rings (SSSR count). The van der Waals surface area contributed by atoms with Gasteiger partial charge < -0.3 is 5.73 Å². The van der Waals surface area contributed by atoms with Gasteiger partial charge in [-0.05, 0) is 19.3 Å². The summed E-state index contributed by atoms with van der Waals surface area (Å²) in [6.45, 7) is 4.16. The molecule has 1 aromatic heterocycles. The minimum atomic E-state index is -3.41. The highest BCUT2D eigenvalue weighted by Crippen LogP contribution is 2.20. The van der Waals surface area contributed by atoms with Crippen molar-refractivity contribution in [2.24, 2.45) is 0 Å². The van der Waals surface area contributed by atoms with E-state index in [4.69, 9.17) is 5.73 Å². The van der Waals surface area contributed by atoms with E-state index in [0.717, 1.165) is 36.8 Å². The summed E-state index contributed by atoms with van der Waals surface area (Å²) in [7, 11) is -3.41. The van der Waals surface area contributed by atoms with Crippen molar-refractivity contribution in [2.75, 3.05) is 12.0 Å². The minimum Gasteiger partial charge on any atom is -0.383 e. The lowest BCUT2D eigenvalue weighted by Gasteiger charge is -2.11. The highest BCUT2D eigenvalue weighted by atomic mass is 32.2. The molecule has 1 heterocycles. The third kappa shape index (κ3) is 5.61. The zero-order chi connectivity index (χ0) is 15.9. The number of hydrogen-bond acceptors (Lipinski definition) is 5. The van der Waals surface area contributed by atoms with Gasteiger partial charge >= 0.3 is 0 Å². The Labute approximate surface area is 128 Å². The fourth-order valence-corrected chi connectivity index (χ4v) is 2.88. The molecule has 5 nitrogen and oxygen atoms in total. The Morgan fingerprint density at radius 1 is 1.00 bits per heavy atom. The molecule has 0 fully saturated rings. The number of nitrogens with zero attached hydrogens (tertiary/aromatic N) is 2. The molecule has 0 spiro atoms. The van der Waals surface area contributed by atoms with E-state index in [1.807, 2.05) is 6.92 Å². The fourth-order valence-electron chi connectivity index (χ4n) is 2.34. The van der Waals surface area contributed by atoms with Gasteiger partial charge in [-0.1, -0.05) is 46.0 Å². The predicted molar refractivity (Wildman–Crippen MR) is 86.0 cm³/mol. The van der Waals surface area contributed by atoms with E-state index in [-0.39, 0.29) is 5.16 Å². The summed E-state index contributed by atoms with van der Waals surface area (Å²) in [5, 5.41) is -0.163. The molecule has 0 aromatic carbocycles. The molecule has 2 N–H and O–H groups in total. The molecule has 0 aliphatic carbocycles. The Balaban J connectivity index is 2.74. The summed E-state index contributed by atoms with van der Waals surface area (Å²) in [4.78, 5) is 8.13. The van der Waals surface area contributed by atoms with Crippen LogP contribution in [0.2, 0.25) is 0 Å². The number of sulfone groups is 1. The van der Waals surface area contributed by atoms with Gasteiger partial charge in [-0.15, -0.1) is 0 Å². The molecule has 0 bridgehead atoms. The van der Waals surface area contributed by atoms with Crippen molar-refractivity contribution >= 4 is 15.7 Å². The molecule has 0 unspecified atom stereocenters. The molecule has 0 atom stereocenters. The minimum absolute atomic E-state index is 0.163. The van der Waals surface area contributed by atoms with Crippen molar-refractivity contribution in [1.29, 1.82) is 0 Å². The van der Waals surface area contributed by atoms with E-state index in [1.165, 1.54) is 25.7 Å². The van der Waals surface area contributed by atoms with Crippen LogP contribution >= 0.6 is 0 Å². The molecule has 6 heteroatoms. The van der Waals surface area contributed by atoms with Crippen molar-refractivity contribution in [1.82, 2.24) is 9.97 Å². The second-order valence-corrected chi connectivity index (χ2v) is 7.37. The third-order valence-electron chi connectivity index (χ3n) is 3.55. The lowest BCUT2D eigenvalue weighted by atomic mass is 10.0. The van der Waals surface area contributed by atoms with Crippen LogP contribution in [0.1, 0.15) is 63.6 Å². The number of nitrogens with two attached hydrogens (primary N) is 1. The molecule has 0 aliphatic heterocycles. The van der Waals surface area contributed by atoms with Gasteiger partial charge in [0, 0.05) is 11.8 Å². The van der Waals surface area contributed by atoms with Gasteiger partial charge in [0.2, 0.25) is 15.0 Å². The van der Waals surface area contributed by atoms with E-state index >= 15 is 0 Å². The SMILES string of the molecule is CCCCCCCCc1c(N)nc(S(C)(=O)=O)nc1CC. The van der Waals surface area contributed by atoms with Gasteiger partial charge in [0.1, 0.15) is 5.82 Å². The van der Waals surface area contributed by atoms with Crippen molar-refractivity contribution in [3.63, 3.8) is 0 Å². The molecule has 0 saturated heterocycles. The molecular formula is C15H27N3O2S. The maximum absolute atomic E-state index is 11.5. The summed E-state index contributed by atoms with van der Waals surface area (Å²) in [5.41, 5.74) is 7.62. The first-order valence-corrected chi connectivity index (χ1v) is 9.64. The molecular weight excluding hydrogens is 286 g/mol. The maximum atomic E-state index is 11.5. The summed E-state index contributed by atoms with van der Waals surface area (Å²) >= 11 is 0. The maximum Gasteiger partial charge on any atom is 0.248 e. The topological polar surface area (TPSA) is 85.9 Å². The lowest BCUT2D eigenvalue weighted by Crippen LogP contribution is -2.12. The largest absolute Gasteiger partial charge is 0.383 e. The lowest BCUT2D eigenvalue weighted by molar-refractivity contribution is 0.589. The van der Waals surface area contributed by atoms with Gasteiger partial charge in [0.05, 0.1) is 5.69 Å². The molecule has 0 saturated carbocycles. The number of aryl methyl sites for hydroxylation is 1. The Bertz CT molecular complexity index is 556. The number of rotatable bonds is 9. The average Bonchev–Trinajstić information content (AvgIpc) is 2.42. The van der Waals surface area contributed by atoms with E-state index < -0.39 is 9.84 Å². The summed E-state index contributed by atoms with van der Waals surface area (Å²) in [6.07, 6.45) is 9.84. The van der Waals surface area contributed by atoms with Crippen LogP contribution in [-0.4, -0.2) is 24.6 Å². The first-order chi connectivity index (χ1) is 9.90. The van der Waals surface area contributed by atoms with Crippen LogP contribution in [0.3, 0.4) is 0 Å². The van der Waals surface area contributed by atoms with Crippen LogP contribution in [0.5, 0.6) is 0 Å². The first-order valence-electron chi connectivity index (χ1n) is 7.75. The first kappa shape index (κ1) is 17.9. The van der Waals surface area contributed by atoms with Crippen LogP contribution in [0.25, 0.3) is 0 Å². The van der Waals surface area contributed by atoms with Crippen LogP contribution in [-0.2, 0) is 22.7 Å². The highest BCUT2D eigenvalue weighted by Gasteiger charge is 2.17. The zero-order valence-corrected chi connectivity index (χ0v) is 14.2. The zero-order valence-electron chi connectivity index (χ0n) is 13.4. The number of aromatic nitrogens is 2. The van der Waals surface area contributed by atoms with E-state index in [1.54, 1.807) is 0 Å². The third-order valence-corrected chi connectivity index (χ3v) is 4.40. The summed E-state index contributed by atoms with van der Waals surface area (Å²) in [5.74, 6) is 0.316. The number of nitrogen functional groups attached to an aromatic ring is 1. The van der Waals surface area contributed by atoms with E-state index in [0.29, 0.717) is 12.2 Å². The predicted octanol–water partition coefficient (Wildman–Crippen LogP) is 2.93. The second-order valence-electron chi connectivity index (χ2n) is 5.46. The Morgan fingerprint density at radius 3 is 2.19 bits per heavy atom. The van der Waals surface area contributed by atoms with Crippen LogP contribution in [0.15, 0.2) is 5.16 Å². The molecule has 1 aromatic rings. The number of anilines is 1. The summed E-state index contributed by atoms with van der Waals surface area (Å²) in [6, 6.07) is 0. The van der Waals surface area contributed by atoms with Crippen molar-refractivity contribution in [3.05, 3.63) is 11.3 Å². The average molecular weight is 313 g/mol. The Kier molecular flexibility index (Phi) is 7.08. The van der Waals surface area contributed by atoms with E-state index in [2.05, 4.69) is 16.9 Å². The monoisotopic (exact) mass is 313 g/mol. The van der Waals surface area contributed by atoms with Crippen LogP contribution < -0.4 is 5.73 Å². The van der Waals surface area contributed by atoms with Gasteiger partial charge in [-0.2, -0.15) is 0 Å². The van der Waals surface area contributed by atoms with Gasteiger partial charge in [-0.25, -0.2) is 18.4 Å². The number of hydrogen-bond donors (Lipinski definition) is 1.